The average molecular weight is 447 g/mol. The summed E-state index contributed by atoms with van der Waals surface area (Å²) in [5, 5.41) is 7.72. The molecular formula is C27H30N2O4. The van der Waals surface area contributed by atoms with E-state index in [2.05, 4.69) is 10.6 Å². The number of carbonyl (C=O) groups is 2. The van der Waals surface area contributed by atoms with Gasteiger partial charge in [-0.3, -0.25) is 9.59 Å². The zero-order valence-corrected chi connectivity index (χ0v) is 18.9. The lowest BCUT2D eigenvalue weighted by Gasteiger charge is -2.21. The van der Waals surface area contributed by atoms with Gasteiger partial charge in [0.05, 0.1) is 18.4 Å². The lowest BCUT2D eigenvalue weighted by molar-refractivity contribution is -0.123. The van der Waals surface area contributed by atoms with Gasteiger partial charge >= 0.3 is 0 Å². The number of nitrogens with one attached hydrogen (secondary N) is 2. The Kier molecular flexibility index (Phi) is 7.45. The number of carbonyl (C=O) groups excluding carboxylic acids is 2. The maximum absolute atomic E-state index is 13.2. The molecule has 172 valence electrons. The van der Waals surface area contributed by atoms with Crippen LogP contribution in [-0.2, 0) is 4.79 Å². The lowest BCUT2D eigenvalue weighted by atomic mass is 9.89. The fraction of sp³-hybridized carbons (Fsp3) is 0.333. The molecule has 2 amide bonds. The van der Waals surface area contributed by atoms with Gasteiger partial charge in [0.2, 0.25) is 0 Å². The van der Waals surface area contributed by atoms with E-state index >= 15 is 0 Å². The van der Waals surface area contributed by atoms with Crippen molar-refractivity contribution in [2.75, 3.05) is 25.6 Å². The molecule has 1 aliphatic rings. The minimum absolute atomic E-state index is 0.139. The first kappa shape index (κ1) is 22.6. The SMILES string of the molecule is COc1ccccc1NC(=O)c1cc2ccccc2cc1OCC(=O)NCC1CCCCC1. The van der Waals surface area contributed by atoms with Crippen LogP contribution in [0.5, 0.6) is 11.5 Å². The van der Waals surface area contributed by atoms with Crippen LogP contribution in [0.3, 0.4) is 0 Å². The molecule has 1 fully saturated rings. The number of hydrogen-bond acceptors (Lipinski definition) is 4. The van der Waals surface area contributed by atoms with Gasteiger partial charge < -0.3 is 20.1 Å². The molecule has 0 radical (unpaired) electrons. The molecule has 2 N–H and O–H groups in total. The van der Waals surface area contributed by atoms with E-state index in [4.69, 9.17) is 9.47 Å². The number of fused-ring (bicyclic) bond motifs is 1. The summed E-state index contributed by atoms with van der Waals surface area (Å²) >= 11 is 0. The maximum Gasteiger partial charge on any atom is 0.259 e. The number of methoxy groups -OCH3 is 1. The number of amides is 2. The summed E-state index contributed by atoms with van der Waals surface area (Å²) in [7, 11) is 1.56. The first-order valence-electron chi connectivity index (χ1n) is 11.5. The predicted molar refractivity (Wildman–Crippen MR) is 130 cm³/mol. The van der Waals surface area contributed by atoms with Gasteiger partial charge in [-0.05, 0) is 53.8 Å². The Morgan fingerprint density at radius 3 is 2.36 bits per heavy atom. The number of para-hydroxylation sites is 2. The maximum atomic E-state index is 13.2. The van der Waals surface area contributed by atoms with Crippen LogP contribution in [0.1, 0.15) is 42.5 Å². The Labute approximate surface area is 194 Å². The second kappa shape index (κ2) is 10.9. The van der Waals surface area contributed by atoms with Crippen molar-refractivity contribution in [3.8, 4) is 11.5 Å². The van der Waals surface area contributed by atoms with Crippen molar-refractivity contribution in [1.82, 2.24) is 5.32 Å². The highest BCUT2D eigenvalue weighted by Gasteiger charge is 2.18. The standard InChI is InChI=1S/C27H30N2O4/c1-32-24-14-8-7-13-23(24)29-27(31)22-15-20-11-5-6-12-21(20)16-25(22)33-18-26(30)28-17-19-9-3-2-4-10-19/h5-8,11-16,19H,2-4,9-10,17-18H2,1H3,(H,28,30)(H,29,31). The second-order valence-electron chi connectivity index (χ2n) is 8.45. The summed E-state index contributed by atoms with van der Waals surface area (Å²) in [6.45, 7) is 0.543. The molecule has 33 heavy (non-hydrogen) atoms. The van der Waals surface area contributed by atoms with Crippen LogP contribution in [-0.4, -0.2) is 32.1 Å². The lowest BCUT2D eigenvalue weighted by Crippen LogP contribution is -2.34. The molecule has 6 heteroatoms. The van der Waals surface area contributed by atoms with Crippen molar-refractivity contribution in [1.29, 1.82) is 0 Å². The van der Waals surface area contributed by atoms with E-state index in [9.17, 15) is 9.59 Å². The first-order valence-corrected chi connectivity index (χ1v) is 11.5. The van der Waals surface area contributed by atoms with Gasteiger partial charge in [-0.2, -0.15) is 0 Å². The third-order valence-electron chi connectivity index (χ3n) is 6.12. The Hall–Kier alpha value is -3.54. The molecule has 6 nitrogen and oxygen atoms in total. The Balaban J connectivity index is 1.49. The molecule has 1 aliphatic carbocycles. The van der Waals surface area contributed by atoms with Crippen LogP contribution in [0.4, 0.5) is 5.69 Å². The summed E-state index contributed by atoms with van der Waals surface area (Å²) in [6, 6.07) is 18.6. The van der Waals surface area contributed by atoms with Crippen molar-refractivity contribution in [3.63, 3.8) is 0 Å². The molecule has 0 spiro atoms. The zero-order valence-electron chi connectivity index (χ0n) is 18.9. The van der Waals surface area contributed by atoms with Crippen LogP contribution < -0.4 is 20.1 Å². The number of ether oxygens (including phenoxy) is 2. The van der Waals surface area contributed by atoms with Crippen LogP contribution in [0.2, 0.25) is 0 Å². The highest BCUT2D eigenvalue weighted by atomic mass is 16.5. The van der Waals surface area contributed by atoms with E-state index in [1.807, 2.05) is 36.4 Å². The van der Waals surface area contributed by atoms with Crippen molar-refractivity contribution >= 4 is 28.3 Å². The van der Waals surface area contributed by atoms with Gasteiger partial charge in [0.1, 0.15) is 11.5 Å². The van der Waals surface area contributed by atoms with Crippen LogP contribution in [0, 0.1) is 5.92 Å². The van der Waals surface area contributed by atoms with Gasteiger partial charge in [0.25, 0.3) is 11.8 Å². The van der Waals surface area contributed by atoms with Gasteiger partial charge in [-0.1, -0.05) is 55.7 Å². The largest absolute Gasteiger partial charge is 0.495 e. The molecule has 0 aromatic heterocycles. The monoisotopic (exact) mass is 446 g/mol. The number of hydrogen-bond donors (Lipinski definition) is 2. The quantitative estimate of drug-likeness (QED) is 0.500. The van der Waals surface area contributed by atoms with Crippen molar-refractivity contribution < 1.29 is 19.1 Å². The Bertz CT molecular complexity index is 1120. The van der Waals surface area contributed by atoms with Gasteiger partial charge in [-0.15, -0.1) is 0 Å². The van der Waals surface area contributed by atoms with E-state index in [0.717, 1.165) is 10.8 Å². The Morgan fingerprint density at radius 2 is 1.61 bits per heavy atom. The van der Waals surface area contributed by atoms with E-state index < -0.39 is 0 Å². The minimum atomic E-state index is -0.331. The summed E-state index contributed by atoms with van der Waals surface area (Å²) in [5.41, 5.74) is 0.925. The topological polar surface area (TPSA) is 76.7 Å². The van der Waals surface area contributed by atoms with Crippen molar-refractivity contribution in [2.24, 2.45) is 5.92 Å². The van der Waals surface area contributed by atoms with Gasteiger partial charge in [-0.25, -0.2) is 0 Å². The first-order chi connectivity index (χ1) is 16.1. The van der Waals surface area contributed by atoms with E-state index in [1.165, 1.54) is 32.1 Å². The van der Waals surface area contributed by atoms with E-state index in [0.29, 0.717) is 35.2 Å². The summed E-state index contributed by atoms with van der Waals surface area (Å²) < 4.78 is 11.2. The summed E-state index contributed by atoms with van der Waals surface area (Å²) in [4.78, 5) is 25.6. The fourth-order valence-electron chi connectivity index (χ4n) is 4.30. The van der Waals surface area contributed by atoms with Crippen LogP contribution >= 0.6 is 0 Å². The predicted octanol–water partition coefficient (Wildman–Crippen LogP) is 5.18. The number of anilines is 1. The van der Waals surface area contributed by atoms with Crippen LogP contribution in [0.25, 0.3) is 10.8 Å². The Morgan fingerprint density at radius 1 is 0.909 bits per heavy atom. The number of rotatable bonds is 8. The molecule has 4 rings (SSSR count). The van der Waals surface area contributed by atoms with E-state index in [-0.39, 0.29) is 18.4 Å². The molecule has 0 aliphatic heterocycles. The molecule has 0 heterocycles. The molecule has 0 saturated heterocycles. The van der Waals surface area contributed by atoms with Crippen molar-refractivity contribution in [2.45, 2.75) is 32.1 Å². The van der Waals surface area contributed by atoms with E-state index in [1.54, 1.807) is 31.4 Å². The molecule has 0 atom stereocenters. The molecule has 3 aromatic carbocycles. The smallest absolute Gasteiger partial charge is 0.259 e. The zero-order chi connectivity index (χ0) is 23.0. The molecule has 0 bridgehead atoms. The highest BCUT2D eigenvalue weighted by Crippen LogP contribution is 2.29. The van der Waals surface area contributed by atoms with Crippen LogP contribution in [0.15, 0.2) is 60.7 Å². The number of benzene rings is 3. The molecule has 3 aromatic rings. The third kappa shape index (κ3) is 5.83. The molecule has 0 unspecified atom stereocenters. The second-order valence-corrected chi connectivity index (χ2v) is 8.45. The van der Waals surface area contributed by atoms with Gasteiger partial charge in [0, 0.05) is 6.54 Å². The normalized spacial score (nSPS) is 14.0. The molecule has 1 saturated carbocycles. The summed E-state index contributed by atoms with van der Waals surface area (Å²) in [6.07, 6.45) is 6.09. The average Bonchev–Trinajstić information content (AvgIpc) is 2.86. The third-order valence-corrected chi connectivity index (χ3v) is 6.12. The highest BCUT2D eigenvalue weighted by molar-refractivity contribution is 6.09. The van der Waals surface area contributed by atoms with Crippen molar-refractivity contribution in [3.05, 3.63) is 66.2 Å². The fourth-order valence-corrected chi connectivity index (χ4v) is 4.30. The molecular weight excluding hydrogens is 416 g/mol. The minimum Gasteiger partial charge on any atom is -0.495 e. The summed E-state index contributed by atoms with van der Waals surface area (Å²) in [5.74, 6) is 0.975. The van der Waals surface area contributed by atoms with Gasteiger partial charge in [0.15, 0.2) is 6.61 Å².